The van der Waals surface area contributed by atoms with Crippen molar-refractivity contribution in [2.24, 2.45) is 0 Å². The highest BCUT2D eigenvalue weighted by molar-refractivity contribution is 7.92. The highest BCUT2D eigenvalue weighted by Crippen LogP contribution is 2.37. The van der Waals surface area contributed by atoms with Crippen LogP contribution in [-0.2, 0) is 24.4 Å². The lowest BCUT2D eigenvalue weighted by molar-refractivity contribution is -0.150. The molecule has 2 aromatic carbocycles. The van der Waals surface area contributed by atoms with Gasteiger partial charge in [-0.25, -0.2) is 13.2 Å². The number of amides is 1. The molecule has 0 unspecified atom stereocenters. The Morgan fingerprint density at radius 1 is 1.04 bits per heavy atom. The van der Waals surface area contributed by atoms with Crippen molar-refractivity contribution in [2.75, 3.05) is 15.9 Å². The average molecular weight is 374 g/mol. The number of rotatable bonds is 5. The molecule has 0 saturated carbocycles. The SMILES string of the molecule is CCCC(=O)ON1C(=O)CN(S(=O)(=O)c2ccccc2)c2ccccc21. The third-order valence-corrected chi connectivity index (χ3v) is 5.63. The van der Waals surface area contributed by atoms with Crippen LogP contribution < -0.4 is 9.37 Å². The second-order valence-electron chi connectivity index (χ2n) is 5.71. The Morgan fingerprint density at radius 2 is 1.65 bits per heavy atom. The first-order valence-corrected chi connectivity index (χ1v) is 9.59. The molecule has 0 fully saturated rings. The molecule has 8 heteroatoms. The summed E-state index contributed by atoms with van der Waals surface area (Å²) in [4.78, 5) is 29.6. The Morgan fingerprint density at radius 3 is 2.31 bits per heavy atom. The molecule has 0 aromatic heterocycles. The van der Waals surface area contributed by atoms with Gasteiger partial charge in [-0.15, -0.1) is 5.06 Å². The molecule has 1 heterocycles. The van der Waals surface area contributed by atoms with Gasteiger partial charge in [0.2, 0.25) is 0 Å². The van der Waals surface area contributed by atoms with Gasteiger partial charge in [-0.2, -0.15) is 0 Å². The highest BCUT2D eigenvalue weighted by atomic mass is 32.2. The number of anilines is 2. The molecule has 7 nitrogen and oxygen atoms in total. The van der Waals surface area contributed by atoms with Crippen LogP contribution in [0.5, 0.6) is 0 Å². The number of hydrogen-bond donors (Lipinski definition) is 0. The second-order valence-corrected chi connectivity index (χ2v) is 7.58. The van der Waals surface area contributed by atoms with E-state index in [1.807, 2.05) is 6.92 Å². The molecule has 1 aliphatic rings. The maximum Gasteiger partial charge on any atom is 0.333 e. The van der Waals surface area contributed by atoms with Crippen molar-refractivity contribution in [3.8, 4) is 0 Å². The van der Waals surface area contributed by atoms with Gasteiger partial charge in [0.05, 0.1) is 10.6 Å². The largest absolute Gasteiger partial charge is 0.333 e. The number of hydroxylamine groups is 1. The van der Waals surface area contributed by atoms with E-state index in [1.54, 1.807) is 42.5 Å². The Hall–Kier alpha value is -2.87. The number of carbonyl (C=O) groups is 2. The number of hydrogen-bond acceptors (Lipinski definition) is 5. The predicted molar refractivity (Wildman–Crippen MR) is 95.9 cm³/mol. The molecule has 0 radical (unpaired) electrons. The number of carbonyl (C=O) groups excluding carboxylic acids is 2. The van der Waals surface area contributed by atoms with Gasteiger partial charge in [-0.1, -0.05) is 37.3 Å². The summed E-state index contributed by atoms with van der Waals surface area (Å²) in [6, 6.07) is 14.3. The molecular formula is C18H18N2O5S. The summed E-state index contributed by atoms with van der Waals surface area (Å²) in [6.45, 7) is 1.37. The van der Waals surface area contributed by atoms with Crippen molar-refractivity contribution < 1.29 is 22.8 Å². The van der Waals surface area contributed by atoms with Gasteiger partial charge in [0, 0.05) is 6.42 Å². The van der Waals surface area contributed by atoms with Crippen molar-refractivity contribution in [1.82, 2.24) is 0 Å². The molecular weight excluding hydrogens is 356 g/mol. The topological polar surface area (TPSA) is 84.0 Å². The summed E-state index contributed by atoms with van der Waals surface area (Å²) in [5.41, 5.74) is 0.493. The molecule has 0 aliphatic carbocycles. The maximum absolute atomic E-state index is 13.0. The normalized spacial score (nSPS) is 14.1. The Balaban J connectivity index is 2.02. The van der Waals surface area contributed by atoms with Gasteiger partial charge in [0.1, 0.15) is 12.2 Å². The molecule has 0 spiro atoms. The van der Waals surface area contributed by atoms with Crippen LogP contribution in [0.4, 0.5) is 11.4 Å². The summed E-state index contributed by atoms with van der Waals surface area (Å²) in [7, 11) is -3.93. The molecule has 0 bridgehead atoms. The fourth-order valence-corrected chi connectivity index (χ4v) is 4.09. The van der Waals surface area contributed by atoms with Crippen LogP contribution in [0.15, 0.2) is 59.5 Å². The first-order valence-electron chi connectivity index (χ1n) is 8.15. The van der Waals surface area contributed by atoms with Gasteiger partial charge < -0.3 is 4.84 Å². The minimum atomic E-state index is -3.93. The van der Waals surface area contributed by atoms with E-state index in [4.69, 9.17) is 4.84 Å². The smallest absolute Gasteiger partial charge is 0.333 e. The molecule has 3 rings (SSSR count). The number of sulfonamides is 1. The van der Waals surface area contributed by atoms with E-state index in [1.165, 1.54) is 12.1 Å². The quantitative estimate of drug-likeness (QED) is 0.803. The number of para-hydroxylation sites is 2. The summed E-state index contributed by atoms with van der Waals surface area (Å²) < 4.78 is 27.0. The van der Waals surface area contributed by atoms with E-state index >= 15 is 0 Å². The number of nitrogens with zero attached hydrogens (tertiary/aromatic N) is 2. The van der Waals surface area contributed by atoms with Crippen LogP contribution in [0.1, 0.15) is 19.8 Å². The van der Waals surface area contributed by atoms with Crippen LogP contribution in [0, 0.1) is 0 Å². The third-order valence-electron chi connectivity index (χ3n) is 3.85. The van der Waals surface area contributed by atoms with Crippen molar-refractivity contribution in [3.05, 3.63) is 54.6 Å². The zero-order chi connectivity index (χ0) is 18.7. The lowest BCUT2D eigenvalue weighted by Crippen LogP contribution is -2.48. The standard InChI is InChI=1S/C18H18N2O5S/c1-2-8-18(22)25-20-16-12-7-6-11-15(16)19(13-17(20)21)26(23,24)14-9-4-3-5-10-14/h3-7,9-12H,2,8,13H2,1H3. The van der Waals surface area contributed by atoms with E-state index in [9.17, 15) is 18.0 Å². The van der Waals surface area contributed by atoms with Crippen molar-refractivity contribution >= 4 is 33.3 Å². The monoisotopic (exact) mass is 374 g/mol. The van der Waals surface area contributed by atoms with Crippen LogP contribution in [0.2, 0.25) is 0 Å². The summed E-state index contributed by atoms with van der Waals surface area (Å²) in [5.74, 6) is -1.18. The minimum Gasteiger partial charge on any atom is -0.333 e. The summed E-state index contributed by atoms with van der Waals surface area (Å²) in [5, 5.41) is 0.879. The molecule has 136 valence electrons. The lowest BCUT2D eigenvalue weighted by atomic mass is 10.2. The second kappa shape index (κ2) is 7.17. The molecule has 2 aromatic rings. The highest BCUT2D eigenvalue weighted by Gasteiger charge is 2.38. The Kier molecular flexibility index (Phi) is 4.94. The zero-order valence-corrected chi connectivity index (χ0v) is 15.0. The number of benzene rings is 2. The van der Waals surface area contributed by atoms with Crippen molar-refractivity contribution in [3.63, 3.8) is 0 Å². The van der Waals surface area contributed by atoms with E-state index in [2.05, 4.69) is 0 Å². The van der Waals surface area contributed by atoms with E-state index in [0.29, 0.717) is 6.42 Å². The maximum atomic E-state index is 13.0. The van der Waals surface area contributed by atoms with E-state index < -0.39 is 28.4 Å². The molecule has 1 aliphatic heterocycles. The minimum absolute atomic E-state index is 0.0824. The van der Waals surface area contributed by atoms with Gasteiger partial charge in [0.15, 0.2) is 0 Å². The summed E-state index contributed by atoms with van der Waals surface area (Å²) in [6.07, 6.45) is 0.745. The number of fused-ring (bicyclic) bond motifs is 1. The van der Waals surface area contributed by atoms with Crippen LogP contribution >= 0.6 is 0 Å². The third kappa shape index (κ3) is 3.28. The lowest BCUT2D eigenvalue weighted by Gasteiger charge is -2.34. The van der Waals surface area contributed by atoms with Gasteiger partial charge >= 0.3 is 5.97 Å². The van der Waals surface area contributed by atoms with Crippen molar-refractivity contribution in [1.29, 1.82) is 0 Å². The van der Waals surface area contributed by atoms with Gasteiger partial charge in [-0.05, 0) is 30.7 Å². The fourth-order valence-electron chi connectivity index (χ4n) is 2.64. The van der Waals surface area contributed by atoms with E-state index in [0.717, 1.165) is 9.37 Å². The van der Waals surface area contributed by atoms with Crippen molar-refractivity contribution in [2.45, 2.75) is 24.7 Å². The van der Waals surface area contributed by atoms with Crippen LogP contribution in [0.25, 0.3) is 0 Å². The molecule has 0 atom stereocenters. The molecule has 0 saturated heterocycles. The first kappa shape index (κ1) is 17.9. The molecule has 0 N–H and O–H groups in total. The zero-order valence-electron chi connectivity index (χ0n) is 14.2. The van der Waals surface area contributed by atoms with E-state index in [-0.39, 0.29) is 22.7 Å². The fraction of sp³-hybridized carbons (Fsp3) is 0.222. The molecule has 1 amide bonds. The molecule has 26 heavy (non-hydrogen) atoms. The average Bonchev–Trinajstić information content (AvgIpc) is 2.64. The first-order chi connectivity index (χ1) is 12.4. The van der Waals surface area contributed by atoms with Crippen LogP contribution in [-0.4, -0.2) is 26.8 Å². The predicted octanol–water partition coefficient (Wildman–Crippen LogP) is 2.49. The van der Waals surface area contributed by atoms with Gasteiger partial charge in [-0.3, -0.25) is 9.10 Å². The van der Waals surface area contributed by atoms with Crippen LogP contribution in [0.3, 0.4) is 0 Å². The summed E-state index contributed by atoms with van der Waals surface area (Å²) >= 11 is 0. The Labute approximate surface area is 151 Å². The Bertz CT molecular complexity index is 928. The van der Waals surface area contributed by atoms with Gasteiger partial charge in [0.25, 0.3) is 15.9 Å².